The molecule has 8 heteroatoms. The van der Waals surface area contributed by atoms with Crippen molar-refractivity contribution in [2.45, 2.75) is 0 Å². The highest BCUT2D eigenvalue weighted by Gasteiger charge is 2.07. The maximum atomic E-state index is 10.1. The van der Waals surface area contributed by atoms with Crippen molar-refractivity contribution >= 4 is 10.4 Å². The number of nitrogens with zero attached hydrogens (tertiary/aromatic N) is 2. The van der Waals surface area contributed by atoms with Gasteiger partial charge in [0.2, 0.25) is 0 Å². The van der Waals surface area contributed by atoms with Crippen molar-refractivity contribution in [1.29, 1.82) is 0 Å². The topological polar surface area (TPSA) is 121 Å². The number of rotatable bonds is 2. The largest absolute Gasteiger partial charge is 0.449 e. The molecule has 0 aliphatic rings. The van der Waals surface area contributed by atoms with Crippen LogP contribution in [0.3, 0.4) is 0 Å². The average molecular weight is 194 g/mol. The highest BCUT2D eigenvalue weighted by atomic mass is 32.3. The zero-order chi connectivity index (χ0) is 8.32. The van der Waals surface area contributed by atoms with Crippen molar-refractivity contribution < 1.29 is 22.6 Å². The van der Waals surface area contributed by atoms with Gasteiger partial charge in [0, 0.05) is 12.4 Å². The summed E-state index contributed by atoms with van der Waals surface area (Å²) in [5.74, 6) is 0. The maximum absolute atomic E-state index is 10.1. The van der Waals surface area contributed by atoms with Crippen molar-refractivity contribution in [2.75, 3.05) is 0 Å². The van der Waals surface area contributed by atoms with Crippen LogP contribution in [0.1, 0.15) is 0 Å². The summed E-state index contributed by atoms with van der Waals surface area (Å²) in [7, 11) is -4.50. The van der Waals surface area contributed by atoms with E-state index in [0.717, 1.165) is 0 Å². The molecule has 12 heavy (non-hydrogen) atoms. The first-order valence-electron chi connectivity index (χ1n) is 2.52. The first kappa shape index (κ1) is 10.8. The van der Waals surface area contributed by atoms with E-state index in [2.05, 4.69) is 14.2 Å². The number of aromatic nitrogens is 2. The van der Waals surface area contributed by atoms with Crippen LogP contribution in [0, 0.1) is 0 Å². The van der Waals surface area contributed by atoms with Gasteiger partial charge in [0.1, 0.15) is 0 Å². The molecular weight excluding hydrogens is 188 g/mol. The molecule has 0 unspecified atom stereocenters. The summed E-state index contributed by atoms with van der Waals surface area (Å²) in [6, 6.07) is 1.08. The molecule has 0 radical (unpaired) electrons. The Morgan fingerprint density at radius 2 is 1.83 bits per heavy atom. The van der Waals surface area contributed by atoms with Gasteiger partial charge in [-0.1, -0.05) is 0 Å². The average Bonchev–Trinajstić information content (AvgIpc) is 1.85. The molecule has 7 nitrogen and oxygen atoms in total. The zero-order valence-corrected chi connectivity index (χ0v) is 6.52. The summed E-state index contributed by atoms with van der Waals surface area (Å²) >= 11 is 0. The SMILES string of the molecule is O.O=S(=O)(O)Oc1ncccn1. The summed E-state index contributed by atoms with van der Waals surface area (Å²) in [5, 5.41) is 0. The fourth-order valence-electron chi connectivity index (χ4n) is 0.423. The van der Waals surface area contributed by atoms with E-state index >= 15 is 0 Å². The molecule has 1 heterocycles. The predicted octanol–water partition coefficient (Wildman–Crippen LogP) is -1.17. The number of hydrogen-bond donors (Lipinski definition) is 1. The van der Waals surface area contributed by atoms with Crippen LogP contribution >= 0.6 is 0 Å². The van der Waals surface area contributed by atoms with E-state index in [0.29, 0.717) is 0 Å². The Morgan fingerprint density at radius 1 is 1.33 bits per heavy atom. The maximum Gasteiger partial charge on any atom is 0.449 e. The molecule has 0 amide bonds. The van der Waals surface area contributed by atoms with Gasteiger partial charge in [-0.3, -0.25) is 4.55 Å². The molecule has 0 saturated carbocycles. The Morgan fingerprint density at radius 3 is 2.25 bits per heavy atom. The van der Waals surface area contributed by atoms with E-state index in [-0.39, 0.29) is 5.48 Å². The summed E-state index contributed by atoms with van der Waals surface area (Å²) in [6.45, 7) is 0. The minimum absolute atomic E-state index is 0. The quantitative estimate of drug-likeness (QED) is 0.592. The van der Waals surface area contributed by atoms with Gasteiger partial charge in [0.25, 0.3) is 0 Å². The molecule has 0 aliphatic carbocycles. The lowest BCUT2D eigenvalue weighted by atomic mass is 10.7. The van der Waals surface area contributed by atoms with Crippen LogP contribution in [0.15, 0.2) is 18.5 Å². The molecule has 68 valence electrons. The van der Waals surface area contributed by atoms with Crippen LogP contribution in [0.4, 0.5) is 0 Å². The van der Waals surface area contributed by atoms with Crippen LogP contribution in [0.2, 0.25) is 0 Å². The van der Waals surface area contributed by atoms with Gasteiger partial charge in [0.15, 0.2) is 0 Å². The van der Waals surface area contributed by atoms with Gasteiger partial charge >= 0.3 is 16.4 Å². The molecule has 1 aromatic rings. The van der Waals surface area contributed by atoms with E-state index < -0.39 is 16.4 Å². The highest BCUT2D eigenvalue weighted by molar-refractivity contribution is 7.81. The van der Waals surface area contributed by atoms with Crippen LogP contribution < -0.4 is 4.18 Å². The Labute approximate surface area is 68.3 Å². The Balaban J connectivity index is 0.00000121. The highest BCUT2D eigenvalue weighted by Crippen LogP contribution is 1.99. The minimum atomic E-state index is -4.50. The Hall–Kier alpha value is -1.25. The molecule has 0 bridgehead atoms. The van der Waals surface area contributed by atoms with Gasteiger partial charge in [-0.15, -0.1) is 0 Å². The number of hydrogen-bond acceptors (Lipinski definition) is 5. The zero-order valence-electron chi connectivity index (χ0n) is 5.71. The first-order chi connectivity index (χ1) is 5.08. The Kier molecular flexibility index (Phi) is 3.54. The second-order valence-corrected chi connectivity index (χ2v) is 2.56. The van der Waals surface area contributed by atoms with Gasteiger partial charge in [-0.05, 0) is 6.07 Å². The Bertz CT molecular complexity index is 323. The second-order valence-electron chi connectivity index (χ2n) is 1.54. The van der Waals surface area contributed by atoms with Crippen LogP contribution in [-0.2, 0) is 10.4 Å². The summed E-state index contributed by atoms with van der Waals surface area (Å²) in [6.07, 6.45) is 2.57. The molecule has 1 rings (SSSR count). The van der Waals surface area contributed by atoms with Gasteiger partial charge in [-0.25, -0.2) is 9.97 Å². The lowest BCUT2D eigenvalue weighted by molar-refractivity contribution is 0.374. The summed E-state index contributed by atoms with van der Waals surface area (Å²) in [4.78, 5) is 6.78. The van der Waals surface area contributed by atoms with Crippen molar-refractivity contribution in [2.24, 2.45) is 0 Å². The van der Waals surface area contributed by atoms with E-state index in [9.17, 15) is 8.42 Å². The standard InChI is InChI=1S/C4H4N2O4S.H2O/c7-11(8,9)10-4-5-2-1-3-6-4;/h1-3H,(H,7,8,9);1H2. The monoisotopic (exact) mass is 194 g/mol. The molecule has 0 aliphatic heterocycles. The molecule has 0 fully saturated rings. The van der Waals surface area contributed by atoms with Crippen molar-refractivity contribution in [3.8, 4) is 6.01 Å². The third kappa shape index (κ3) is 3.81. The van der Waals surface area contributed by atoms with E-state index in [4.69, 9.17) is 4.55 Å². The van der Waals surface area contributed by atoms with Crippen LogP contribution in [-0.4, -0.2) is 28.4 Å². The fourth-order valence-corrected chi connectivity index (χ4v) is 0.697. The summed E-state index contributed by atoms with van der Waals surface area (Å²) < 4.78 is 32.2. The summed E-state index contributed by atoms with van der Waals surface area (Å²) in [5.41, 5.74) is 0. The van der Waals surface area contributed by atoms with Gasteiger partial charge in [-0.2, -0.15) is 8.42 Å². The van der Waals surface area contributed by atoms with Gasteiger partial charge < -0.3 is 9.66 Å². The smallest absolute Gasteiger partial charge is 0.412 e. The third-order valence-electron chi connectivity index (χ3n) is 0.722. The van der Waals surface area contributed by atoms with Crippen molar-refractivity contribution in [1.82, 2.24) is 9.97 Å². The lowest BCUT2D eigenvalue weighted by Gasteiger charge is -1.95. The second kappa shape index (κ2) is 3.95. The molecule has 0 aromatic carbocycles. The molecule has 0 spiro atoms. The fraction of sp³-hybridized carbons (Fsp3) is 0. The van der Waals surface area contributed by atoms with E-state index in [1.54, 1.807) is 0 Å². The minimum Gasteiger partial charge on any atom is -0.412 e. The molecule has 0 saturated heterocycles. The van der Waals surface area contributed by atoms with Crippen molar-refractivity contribution in [3.63, 3.8) is 0 Å². The first-order valence-corrected chi connectivity index (χ1v) is 3.88. The molecular formula is C4H6N2O5S. The molecule has 3 N–H and O–H groups in total. The predicted molar refractivity (Wildman–Crippen MR) is 37.8 cm³/mol. The van der Waals surface area contributed by atoms with Crippen LogP contribution in [0.5, 0.6) is 6.01 Å². The van der Waals surface area contributed by atoms with E-state index in [1.165, 1.54) is 18.5 Å². The molecule has 0 atom stereocenters. The van der Waals surface area contributed by atoms with Crippen molar-refractivity contribution in [3.05, 3.63) is 18.5 Å². The third-order valence-corrected chi connectivity index (χ3v) is 1.08. The molecule has 1 aromatic heterocycles. The normalized spacial score (nSPS) is 10.1. The van der Waals surface area contributed by atoms with E-state index in [1.807, 2.05) is 0 Å². The van der Waals surface area contributed by atoms with Crippen LogP contribution in [0.25, 0.3) is 0 Å². The lowest BCUT2D eigenvalue weighted by Crippen LogP contribution is -2.08. The van der Waals surface area contributed by atoms with Gasteiger partial charge in [0.05, 0.1) is 0 Å².